The average Bonchev–Trinajstić information content (AvgIpc) is 2.84. The number of carbonyl (C=O) groups excluding carboxylic acids is 3. The molecule has 10 heteroatoms. The van der Waals surface area contributed by atoms with Gasteiger partial charge in [0, 0.05) is 15.1 Å². The molecule has 4 rings (SSSR count). The Balaban J connectivity index is 1.69. The fourth-order valence-electron chi connectivity index (χ4n) is 3.71. The Labute approximate surface area is 241 Å². The van der Waals surface area contributed by atoms with Crippen molar-refractivity contribution in [2.75, 3.05) is 11.5 Å². The van der Waals surface area contributed by atoms with E-state index in [1.165, 1.54) is 12.1 Å². The van der Waals surface area contributed by atoms with Crippen LogP contribution in [0.2, 0.25) is 5.02 Å². The van der Waals surface area contributed by atoms with Crippen LogP contribution < -0.4 is 19.7 Å². The third-order valence-electron chi connectivity index (χ3n) is 5.49. The van der Waals surface area contributed by atoms with Gasteiger partial charge in [-0.3, -0.25) is 14.9 Å². The van der Waals surface area contributed by atoms with E-state index in [1.54, 1.807) is 31.2 Å². The lowest BCUT2D eigenvalue weighted by molar-refractivity contribution is -0.122. The van der Waals surface area contributed by atoms with Crippen LogP contribution in [0.5, 0.6) is 11.5 Å². The van der Waals surface area contributed by atoms with Gasteiger partial charge in [0.2, 0.25) is 0 Å². The smallest absolute Gasteiger partial charge is 0.335 e. The van der Waals surface area contributed by atoms with Crippen LogP contribution in [0.15, 0.2) is 64.6 Å². The minimum Gasteiger partial charge on any atom is -0.490 e. The first-order valence-electron chi connectivity index (χ1n) is 11.2. The Bertz CT molecular complexity index is 1440. The number of hydrogen-bond donors (Lipinski definition) is 1. The highest BCUT2D eigenvalue weighted by molar-refractivity contribution is 14.1. The van der Waals surface area contributed by atoms with Gasteiger partial charge in [0.25, 0.3) is 11.8 Å². The molecule has 0 aliphatic carbocycles. The Morgan fingerprint density at radius 2 is 1.84 bits per heavy atom. The van der Waals surface area contributed by atoms with Gasteiger partial charge < -0.3 is 9.47 Å². The zero-order valence-electron chi connectivity index (χ0n) is 19.8. The summed E-state index contributed by atoms with van der Waals surface area (Å²) in [4.78, 5) is 39.5. The van der Waals surface area contributed by atoms with Crippen molar-refractivity contribution in [3.05, 3.63) is 89.9 Å². The number of amides is 4. The lowest BCUT2D eigenvalue weighted by Gasteiger charge is -2.27. The molecule has 0 atom stereocenters. The number of benzene rings is 3. The SMILES string of the molecule is CCOc1cc(/C=C2\C(=O)NC(=O)N(c3cc(Cl)ccc3C)C2=O)cc(I)c1OCc1ccccc1Br. The van der Waals surface area contributed by atoms with Gasteiger partial charge >= 0.3 is 6.03 Å². The van der Waals surface area contributed by atoms with Gasteiger partial charge in [-0.1, -0.05) is 51.8 Å². The Kier molecular flexibility index (Phi) is 8.56. The Morgan fingerprint density at radius 1 is 1.08 bits per heavy atom. The van der Waals surface area contributed by atoms with E-state index in [9.17, 15) is 14.4 Å². The molecule has 7 nitrogen and oxygen atoms in total. The number of nitrogens with one attached hydrogen (secondary N) is 1. The van der Waals surface area contributed by atoms with Crippen LogP contribution in [-0.4, -0.2) is 24.5 Å². The predicted octanol–water partition coefficient (Wildman–Crippen LogP) is 6.66. The summed E-state index contributed by atoms with van der Waals surface area (Å²) in [5, 5.41) is 2.60. The lowest BCUT2D eigenvalue weighted by atomic mass is 10.1. The molecule has 3 aromatic carbocycles. The first-order chi connectivity index (χ1) is 17.7. The van der Waals surface area contributed by atoms with Crippen molar-refractivity contribution in [1.29, 1.82) is 0 Å². The van der Waals surface area contributed by atoms with Crippen LogP contribution in [0.1, 0.15) is 23.6 Å². The second-order valence-corrected chi connectivity index (χ2v) is 10.5. The standard InChI is InChI=1S/C27H21BrClIN2O5/c1-3-36-23-12-16(11-21(30)24(23)37-14-17-6-4-5-7-20(17)28)10-19-25(33)31-27(35)32(26(19)34)22-13-18(29)9-8-15(22)2/h4-13H,3,14H2,1-2H3,(H,31,33,35)/b19-10+. The summed E-state index contributed by atoms with van der Waals surface area (Å²) in [5.74, 6) is -0.517. The van der Waals surface area contributed by atoms with Gasteiger partial charge in [-0.05, 0) is 84.0 Å². The van der Waals surface area contributed by atoms with E-state index < -0.39 is 17.8 Å². The van der Waals surface area contributed by atoms with Crippen molar-refractivity contribution in [1.82, 2.24) is 5.32 Å². The average molecular weight is 696 g/mol. The topological polar surface area (TPSA) is 84.9 Å². The van der Waals surface area contributed by atoms with Gasteiger partial charge in [0.1, 0.15) is 12.2 Å². The second kappa shape index (κ2) is 11.7. The normalized spacial score (nSPS) is 14.7. The van der Waals surface area contributed by atoms with E-state index in [0.717, 1.165) is 18.5 Å². The fraction of sp³-hybridized carbons (Fsp3) is 0.148. The number of imide groups is 2. The first-order valence-corrected chi connectivity index (χ1v) is 13.4. The monoisotopic (exact) mass is 694 g/mol. The summed E-state index contributed by atoms with van der Waals surface area (Å²) in [7, 11) is 0. The molecule has 0 spiro atoms. The van der Waals surface area contributed by atoms with Gasteiger partial charge in [0.05, 0.1) is 15.9 Å². The lowest BCUT2D eigenvalue weighted by Crippen LogP contribution is -2.54. The van der Waals surface area contributed by atoms with Crippen molar-refractivity contribution < 1.29 is 23.9 Å². The van der Waals surface area contributed by atoms with Crippen LogP contribution in [0.3, 0.4) is 0 Å². The van der Waals surface area contributed by atoms with Crippen molar-refractivity contribution in [3.63, 3.8) is 0 Å². The molecule has 3 aromatic rings. The Morgan fingerprint density at radius 3 is 2.57 bits per heavy atom. The molecule has 0 bridgehead atoms. The number of ether oxygens (including phenoxy) is 2. The highest BCUT2D eigenvalue weighted by Crippen LogP contribution is 2.36. The highest BCUT2D eigenvalue weighted by atomic mass is 127. The molecule has 1 N–H and O–H groups in total. The highest BCUT2D eigenvalue weighted by Gasteiger charge is 2.37. The maximum Gasteiger partial charge on any atom is 0.335 e. The van der Waals surface area contributed by atoms with Gasteiger partial charge in [-0.15, -0.1) is 0 Å². The molecule has 0 aromatic heterocycles. The number of hydrogen-bond acceptors (Lipinski definition) is 5. The maximum atomic E-state index is 13.3. The predicted molar refractivity (Wildman–Crippen MR) is 154 cm³/mol. The van der Waals surface area contributed by atoms with Crippen molar-refractivity contribution in [3.8, 4) is 11.5 Å². The van der Waals surface area contributed by atoms with Crippen molar-refractivity contribution >= 4 is 79.7 Å². The number of aryl methyl sites for hydroxylation is 1. The summed E-state index contributed by atoms with van der Waals surface area (Å²) in [5.41, 5.74) is 2.27. The summed E-state index contributed by atoms with van der Waals surface area (Å²) in [6.07, 6.45) is 1.43. The van der Waals surface area contributed by atoms with E-state index in [0.29, 0.717) is 46.5 Å². The molecule has 0 radical (unpaired) electrons. The van der Waals surface area contributed by atoms with Crippen molar-refractivity contribution in [2.24, 2.45) is 0 Å². The molecule has 1 fully saturated rings. The third kappa shape index (κ3) is 6.00. The van der Waals surface area contributed by atoms with E-state index in [1.807, 2.05) is 31.2 Å². The second-order valence-electron chi connectivity index (χ2n) is 8.03. The molecule has 190 valence electrons. The molecule has 0 saturated carbocycles. The summed E-state index contributed by atoms with van der Waals surface area (Å²) < 4.78 is 13.6. The van der Waals surface area contributed by atoms with E-state index in [-0.39, 0.29) is 5.57 Å². The molecular weight excluding hydrogens is 675 g/mol. The maximum absolute atomic E-state index is 13.3. The molecule has 0 unspecified atom stereocenters. The van der Waals surface area contributed by atoms with Gasteiger partial charge in [-0.2, -0.15) is 0 Å². The fourth-order valence-corrected chi connectivity index (χ4v) is 5.05. The first kappa shape index (κ1) is 27.2. The van der Waals surface area contributed by atoms with Crippen LogP contribution in [0.4, 0.5) is 10.5 Å². The van der Waals surface area contributed by atoms with Crippen LogP contribution in [-0.2, 0) is 16.2 Å². The quantitative estimate of drug-likeness (QED) is 0.170. The van der Waals surface area contributed by atoms with Crippen molar-refractivity contribution in [2.45, 2.75) is 20.5 Å². The number of rotatable bonds is 7. The molecule has 1 aliphatic heterocycles. The minimum absolute atomic E-state index is 0.195. The number of carbonyl (C=O) groups is 3. The number of halogens is 3. The molecule has 4 amide bonds. The van der Waals surface area contributed by atoms with Gasteiger partial charge in [-0.25, -0.2) is 9.69 Å². The number of nitrogens with zero attached hydrogens (tertiary/aromatic N) is 1. The Hall–Kier alpha value is -2.89. The number of urea groups is 1. The molecular formula is C27H21BrClIN2O5. The number of barbiturate groups is 1. The van der Waals surface area contributed by atoms with E-state index in [2.05, 4.69) is 43.8 Å². The molecule has 37 heavy (non-hydrogen) atoms. The zero-order chi connectivity index (χ0) is 26.7. The minimum atomic E-state index is -0.835. The van der Waals surface area contributed by atoms with E-state index in [4.69, 9.17) is 21.1 Å². The van der Waals surface area contributed by atoms with Gasteiger partial charge in [0.15, 0.2) is 11.5 Å². The van der Waals surface area contributed by atoms with Crippen LogP contribution >= 0.6 is 50.1 Å². The zero-order valence-corrected chi connectivity index (χ0v) is 24.3. The van der Waals surface area contributed by atoms with E-state index >= 15 is 0 Å². The molecule has 1 heterocycles. The largest absolute Gasteiger partial charge is 0.490 e. The summed E-state index contributed by atoms with van der Waals surface area (Å²) in [6, 6.07) is 15.2. The third-order valence-corrected chi connectivity index (χ3v) is 7.30. The molecule has 1 saturated heterocycles. The summed E-state index contributed by atoms with van der Waals surface area (Å²) >= 11 is 11.7. The van der Waals surface area contributed by atoms with Crippen LogP contribution in [0, 0.1) is 10.5 Å². The summed E-state index contributed by atoms with van der Waals surface area (Å²) in [6.45, 7) is 4.30. The van der Waals surface area contributed by atoms with Crippen LogP contribution in [0.25, 0.3) is 6.08 Å². The number of anilines is 1. The molecule has 1 aliphatic rings.